The van der Waals surface area contributed by atoms with E-state index in [0.717, 1.165) is 15.1 Å². The third-order valence-electron chi connectivity index (χ3n) is 4.47. The molecule has 7 heteroatoms. The highest BCUT2D eigenvalue weighted by molar-refractivity contribution is 7.80. The van der Waals surface area contributed by atoms with Crippen LogP contribution in [0.4, 0.5) is 5.69 Å². The van der Waals surface area contributed by atoms with Crippen LogP contribution < -0.4 is 4.31 Å². The van der Waals surface area contributed by atoms with Gasteiger partial charge in [0.1, 0.15) is 17.2 Å². The Bertz CT molecular complexity index is 951. The first-order valence-corrected chi connectivity index (χ1v) is 9.04. The van der Waals surface area contributed by atoms with Crippen molar-refractivity contribution in [2.45, 2.75) is 26.3 Å². The Morgan fingerprint density at radius 1 is 1.20 bits per heavy atom. The number of benzene rings is 2. The number of anilines is 1. The molecule has 0 saturated carbocycles. The van der Waals surface area contributed by atoms with Gasteiger partial charge in [-0.15, -0.1) is 0 Å². The molecule has 2 aromatic carbocycles. The van der Waals surface area contributed by atoms with Crippen molar-refractivity contribution in [3.05, 3.63) is 42.5 Å². The topological polar surface area (TPSA) is 91.0 Å². The van der Waals surface area contributed by atoms with Crippen molar-refractivity contribution in [3.8, 4) is 0 Å². The maximum atomic E-state index is 12.0. The molecule has 3 rings (SSSR count). The van der Waals surface area contributed by atoms with Gasteiger partial charge >= 0.3 is 5.97 Å². The molecule has 1 heterocycles. The smallest absolute Gasteiger partial charge is 0.327 e. The number of rotatable bonds is 6. The molecule has 1 aromatic heterocycles. The minimum atomic E-state index is -2.47. The van der Waals surface area contributed by atoms with E-state index in [0.29, 0.717) is 23.3 Å². The molecule has 0 aliphatic carbocycles. The lowest BCUT2D eigenvalue weighted by Crippen LogP contribution is -2.46. The van der Waals surface area contributed by atoms with Gasteiger partial charge in [-0.05, 0) is 30.2 Å². The van der Waals surface area contributed by atoms with Gasteiger partial charge in [-0.2, -0.15) is 0 Å². The number of nitrogens with zero attached hydrogens (tertiary/aromatic N) is 1. The fraction of sp³-hybridized carbons (Fsp3) is 0.278. The molecule has 0 amide bonds. The van der Waals surface area contributed by atoms with E-state index >= 15 is 0 Å². The average Bonchev–Trinajstić information content (AvgIpc) is 2.96. The Labute approximate surface area is 147 Å². The fourth-order valence-corrected chi connectivity index (χ4v) is 3.78. The lowest BCUT2D eigenvalue weighted by molar-refractivity contribution is -0.139. The van der Waals surface area contributed by atoms with Crippen molar-refractivity contribution in [1.29, 1.82) is 0 Å². The highest BCUT2D eigenvalue weighted by atomic mass is 32.2. The number of hydrogen-bond acceptors (Lipinski definition) is 3. The van der Waals surface area contributed by atoms with Crippen molar-refractivity contribution in [3.63, 3.8) is 0 Å². The summed E-state index contributed by atoms with van der Waals surface area (Å²) in [5.74, 6) is -1.43. The lowest BCUT2D eigenvalue weighted by Gasteiger charge is -2.30. The zero-order chi connectivity index (χ0) is 18.1. The zero-order valence-corrected chi connectivity index (χ0v) is 14.7. The molecule has 0 radical (unpaired) electrons. The van der Waals surface area contributed by atoms with E-state index in [9.17, 15) is 18.7 Å². The normalized spacial score (nSPS) is 15.2. The average molecular weight is 361 g/mol. The maximum Gasteiger partial charge on any atom is 0.327 e. The summed E-state index contributed by atoms with van der Waals surface area (Å²) < 4.78 is 28.5. The lowest BCUT2D eigenvalue weighted by atomic mass is 9.99. The maximum absolute atomic E-state index is 12.0. The molecular weight excluding hydrogens is 342 g/mol. The Morgan fingerprint density at radius 3 is 2.52 bits per heavy atom. The molecule has 25 heavy (non-hydrogen) atoms. The Kier molecular flexibility index (Phi) is 4.78. The van der Waals surface area contributed by atoms with Gasteiger partial charge in [-0.25, -0.2) is 9.00 Å². The van der Waals surface area contributed by atoms with Gasteiger partial charge in [0, 0.05) is 10.8 Å². The van der Waals surface area contributed by atoms with E-state index in [1.165, 1.54) is 0 Å². The van der Waals surface area contributed by atoms with Crippen molar-refractivity contribution in [2.75, 3.05) is 4.31 Å². The summed E-state index contributed by atoms with van der Waals surface area (Å²) >= 11 is -2.47. The second-order valence-electron chi connectivity index (χ2n) is 6.00. The quantitative estimate of drug-likeness (QED) is 0.647. The van der Waals surface area contributed by atoms with E-state index in [1.54, 1.807) is 25.1 Å². The minimum absolute atomic E-state index is 0.301. The number of fused-ring (bicyclic) bond motifs is 3. The zero-order valence-electron chi connectivity index (χ0n) is 13.9. The Balaban J connectivity index is 2.17. The Morgan fingerprint density at radius 2 is 1.88 bits per heavy atom. The van der Waals surface area contributed by atoms with Gasteiger partial charge in [-0.3, -0.25) is 8.86 Å². The monoisotopic (exact) mass is 361 g/mol. The summed E-state index contributed by atoms with van der Waals surface area (Å²) in [5, 5.41) is 11.2. The van der Waals surface area contributed by atoms with Crippen LogP contribution in [0.2, 0.25) is 0 Å². The Hall–Kier alpha value is -2.38. The molecule has 0 spiro atoms. The molecule has 0 aliphatic rings. The summed E-state index contributed by atoms with van der Waals surface area (Å²) in [4.78, 5) is 11.7. The SMILES string of the molecule is CCC(C)C(C(=O)O)N(c1ccc2oc3ccccc3c2c1)S(=O)O. The standard InChI is InChI=1S/C18H19NO5S/c1-3-11(2)17(18(20)21)19(25(22)23)12-8-9-16-14(10-12)13-6-4-5-7-15(13)24-16/h4-11,17H,3H2,1-2H3,(H,20,21)(H,22,23). The van der Waals surface area contributed by atoms with Crippen LogP contribution in [0.25, 0.3) is 21.9 Å². The fourth-order valence-electron chi connectivity index (χ4n) is 3.00. The first kappa shape index (κ1) is 17.4. The van der Waals surface area contributed by atoms with Gasteiger partial charge < -0.3 is 9.52 Å². The number of furan rings is 1. The summed E-state index contributed by atoms with van der Waals surface area (Å²) in [6.45, 7) is 3.61. The molecule has 6 nitrogen and oxygen atoms in total. The third kappa shape index (κ3) is 3.12. The van der Waals surface area contributed by atoms with Gasteiger partial charge in [-0.1, -0.05) is 38.5 Å². The van der Waals surface area contributed by atoms with Crippen LogP contribution in [-0.4, -0.2) is 25.9 Å². The van der Waals surface area contributed by atoms with Crippen LogP contribution in [-0.2, 0) is 16.1 Å². The van der Waals surface area contributed by atoms with Crippen LogP contribution in [0, 0.1) is 5.92 Å². The van der Waals surface area contributed by atoms with Gasteiger partial charge in [0.05, 0.1) is 5.69 Å². The number of carbonyl (C=O) groups is 1. The molecule has 0 bridgehead atoms. The number of para-hydroxylation sites is 1. The summed E-state index contributed by atoms with van der Waals surface area (Å²) in [6.07, 6.45) is 0.571. The summed E-state index contributed by atoms with van der Waals surface area (Å²) in [7, 11) is 0. The van der Waals surface area contributed by atoms with Crippen molar-refractivity contribution in [1.82, 2.24) is 0 Å². The molecule has 2 N–H and O–H groups in total. The molecular formula is C18H19NO5S. The van der Waals surface area contributed by atoms with E-state index in [4.69, 9.17) is 4.42 Å². The molecule has 0 aliphatic heterocycles. The van der Waals surface area contributed by atoms with Crippen molar-refractivity contribution in [2.24, 2.45) is 5.92 Å². The highest BCUT2D eigenvalue weighted by Crippen LogP contribution is 2.33. The number of carboxylic acid groups (broad SMARTS) is 1. The predicted octanol–water partition coefficient (Wildman–Crippen LogP) is 4.03. The molecule has 3 unspecified atom stereocenters. The summed E-state index contributed by atoms with van der Waals surface area (Å²) in [5.41, 5.74) is 1.72. The van der Waals surface area contributed by atoms with Gasteiger partial charge in [0.15, 0.2) is 0 Å². The largest absolute Gasteiger partial charge is 0.480 e. The first-order chi connectivity index (χ1) is 11.9. The molecule has 132 valence electrons. The second-order valence-corrected chi connectivity index (χ2v) is 6.86. The van der Waals surface area contributed by atoms with Crippen LogP contribution in [0.5, 0.6) is 0 Å². The van der Waals surface area contributed by atoms with Crippen LogP contribution in [0.15, 0.2) is 46.9 Å². The number of carboxylic acids is 1. The number of aliphatic carboxylic acids is 1. The molecule has 3 atom stereocenters. The molecule has 0 fully saturated rings. The van der Waals surface area contributed by atoms with E-state index in [-0.39, 0.29) is 5.92 Å². The van der Waals surface area contributed by atoms with Crippen molar-refractivity contribution >= 4 is 44.9 Å². The third-order valence-corrected chi connectivity index (χ3v) is 5.25. The van der Waals surface area contributed by atoms with Gasteiger partial charge in [0.2, 0.25) is 0 Å². The van der Waals surface area contributed by atoms with Gasteiger partial charge in [0.25, 0.3) is 11.3 Å². The molecule has 3 aromatic rings. The van der Waals surface area contributed by atoms with Crippen LogP contribution in [0.1, 0.15) is 20.3 Å². The van der Waals surface area contributed by atoms with E-state index in [1.807, 2.05) is 31.2 Å². The van der Waals surface area contributed by atoms with Crippen LogP contribution in [0.3, 0.4) is 0 Å². The molecule has 0 saturated heterocycles. The minimum Gasteiger partial charge on any atom is -0.480 e. The predicted molar refractivity (Wildman–Crippen MR) is 97.8 cm³/mol. The number of hydrogen-bond donors (Lipinski definition) is 2. The van der Waals surface area contributed by atoms with Crippen molar-refractivity contribution < 1.29 is 23.1 Å². The highest BCUT2D eigenvalue weighted by Gasteiger charge is 2.34. The first-order valence-electron chi connectivity index (χ1n) is 7.98. The van der Waals surface area contributed by atoms with Crippen LogP contribution >= 0.6 is 0 Å². The second kappa shape index (κ2) is 6.85. The van der Waals surface area contributed by atoms with E-state index in [2.05, 4.69) is 0 Å². The van der Waals surface area contributed by atoms with E-state index < -0.39 is 23.3 Å². The summed E-state index contributed by atoms with van der Waals surface area (Å²) in [6, 6.07) is 11.4.